The van der Waals surface area contributed by atoms with Crippen molar-refractivity contribution in [3.05, 3.63) is 29.8 Å². The minimum atomic E-state index is -0.485. The Morgan fingerprint density at radius 1 is 1.25 bits per heavy atom. The van der Waals surface area contributed by atoms with Gasteiger partial charge in [-0.15, -0.1) is 0 Å². The van der Waals surface area contributed by atoms with Crippen LogP contribution in [-0.2, 0) is 9.53 Å². The highest BCUT2D eigenvalue weighted by molar-refractivity contribution is 5.75. The first-order chi connectivity index (χ1) is 9.36. The quantitative estimate of drug-likeness (QED) is 0.616. The molecule has 0 aliphatic heterocycles. The Hall–Kier alpha value is -1.55. The van der Waals surface area contributed by atoms with Crippen molar-refractivity contribution < 1.29 is 19.4 Å². The van der Waals surface area contributed by atoms with Crippen molar-refractivity contribution in [1.82, 2.24) is 0 Å². The lowest BCUT2D eigenvalue weighted by molar-refractivity contribution is -0.154. The zero-order chi connectivity index (χ0) is 15.2. The smallest absolute Gasteiger partial charge is 0.311 e. The molecule has 1 unspecified atom stereocenters. The molecule has 0 amide bonds. The van der Waals surface area contributed by atoms with Crippen LogP contribution in [0.3, 0.4) is 0 Å². The Morgan fingerprint density at radius 3 is 2.35 bits per heavy atom. The molecule has 1 rings (SSSR count). The van der Waals surface area contributed by atoms with Crippen LogP contribution in [-0.4, -0.2) is 24.3 Å². The molecule has 0 saturated carbocycles. The van der Waals surface area contributed by atoms with Gasteiger partial charge in [0.2, 0.25) is 0 Å². The first-order valence-electron chi connectivity index (χ1n) is 6.95. The lowest BCUT2D eigenvalue weighted by Gasteiger charge is -2.20. The molecule has 0 saturated heterocycles. The molecule has 1 aromatic rings. The Morgan fingerprint density at radius 2 is 1.85 bits per heavy atom. The van der Waals surface area contributed by atoms with E-state index < -0.39 is 11.5 Å². The fraction of sp³-hybridized carbons (Fsp3) is 0.562. The number of ether oxygens (including phenoxy) is 2. The summed E-state index contributed by atoms with van der Waals surface area (Å²) in [6.07, 6.45) is 0.259. The number of carbonyl (C=O) groups excluding carboxylic acids is 1. The third-order valence-corrected chi connectivity index (χ3v) is 3.38. The summed E-state index contributed by atoms with van der Waals surface area (Å²) in [6, 6.07) is 7.21. The first-order valence-corrected chi connectivity index (χ1v) is 6.95. The van der Waals surface area contributed by atoms with Crippen LogP contribution in [0.15, 0.2) is 24.3 Å². The zero-order valence-electron chi connectivity index (χ0n) is 12.7. The average Bonchev–Trinajstić information content (AvgIpc) is 2.43. The summed E-state index contributed by atoms with van der Waals surface area (Å²) < 4.78 is 10.7. The van der Waals surface area contributed by atoms with Crippen LogP contribution in [0.25, 0.3) is 0 Å². The molecule has 112 valence electrons. The maximum absolute atomic E-state index is 11.7. The standard InChI is InChI=1S/C16H24O4/c1-5-16(3,4)15(18)20-11-10-19-14-8-6-13(7-9-14)12(2)17/h6-9,12,17H,5,10-11H2,1-4H3. The lowest BCUT2D eigenvalue weighted by atomic mass is 9.91. The van der Waals surface area contributed by atoms with Gasteiger partial charge in [-0.25, -0.2) is 0 Å². The average molecular weight is 280 g/mol. The summed E-state index contributed by atoms with van der Waals surface area (Å²) in [6.45, 7) is 7.96. The molecular formula is C16H24O4. The van der Waals surface area contributed by atoms with E-state index in [2.05, 4.69) is 0 Å². The van der Waals surface area contributed by atoms with E-state index in [1.807, 2.05) is 32.9 Å². The van der Waals surface area contributed by atoms with Crippen LogP contribution in [0, 0.1) is 5.41 Å². The van der Waals surface area contributed by atoms with Crippen LogP contribution < -0.4 is 4.74 Å². The van der Waals surface area contributed by atoms with Crippen LogP contribution in [0.1, 0.15) is 45.8 Å². The molecule has 1 N–H and O–H groups in total. The normalized spacial score (nSPS) is 12.8. The van der Waals surface area contributed by atoms with Gasteiger partial charge in [0.15, 0.2) is 0 Å². The van der Waals surface area contributed by atoms with Crippen molar-refractivity contribution in [3.63, 3.8) is 0 Å². The van der Waals surface area contributed by atoms with Gasteiger partial charge in [0.05, 0.1) is 11.5 Å². The summed E-state index contributed by atoms with van der Waals surface area (Å²) in [7, 11) is 0. The molecular weight excluding hydrogens is 256 g/mol. The second-order valence-corrected chi connectivity index (χ2v) is 5.47. The van der Waals surface area contributed by atoms with Crippen molar-refractivity contribution in [2.75, 3.05) is 13.2 Å². The number of carbonyl (C=O) groups is 1. The van der Waals surface area contributed by atoms with E-state index in [1.54, 1.807) is 19.1 Å². The van der Waals surface area contributed by atoms with Crippen molar-refractivity contribution in [3.8, 4) is 5.75 Å². The molecule has 0 fully saturated rings. The van der Waals surface area contributed by atoms with E-state index in [1.165, 1.54) is 0 Å². The molecule has 0 aliphatic carbocycles. The summed E-state index contributed by atoms with van der Waals surface area (Å²) >= 11 is 0. The van der Waals surface area contributed by atoms with Crippen molar-refractivity contribution in [2.24, 2.45) is 5.41 Å². The fourth-order valence-electron chi connectivity index (χ4n) is 1.48. The number of aliphatic hydroxyl groups is 1. The molecule has 0 radical (unpaired) electrons. The van der Waals surface area contributed by atoms with Crippen LogP contribution in [0.2, 0.25) is 0 Å². The Bertz CT molecular complexity index is 421. The molecule has 4 nitrogen and oxygen atoms in total. The third kappa shape index (κ3) is 4.85. The fourth-order valence-corrected chi connectivity index (χ4v) is 1.48. The molecule has 1 atom stereocenters. The van der Waals surface area contributed by atoms with E-state index >= 15 is 0 Å². The minimum absolute atomic E-state index is 0.201. The largest absolute Gasteiger partial charge is 0.490 e. The van der Waals surface area contributed by atoms with Gasteiger partial charge >= 0.3 is 5.97 Å². The van der Waals surface area contributed by atoms with E-state index in [4.69, 9.17) is 9.47 Å². The van der Waals surface area contributed by atoms with Crippen LogP contribution in [0.5, 0.6) is 5.75 Å². The maximum atomic E-state index is 11.7. The predicted molar refractivity (Wildman–Crippen MR) is 77.6 cm³/mol. The second-order valence-electron chi connectivity index (χ2n) is 5.47. The van der Waals surface area contributed by atoms with E-state index in [0.717, 1.165) is 12.0 Å². The zero-order valence-corrected chi connectivity index (χ0v) is 12.7. The Kier molecular flexibility index (Phi) is 6.02. The molecule has 0 aromatic heterocycles. The van der Waals surface area contributed by atoms with E-state index in [9.17, 15) is 9.90 Å². The molecule has 0 heterocycles. The van der Waals surface area contributed by atoms with Crippen molar-refractivity contribution in [2.45, 2.75) is 40.2 Å². The van der Waals surface area contributed by atoms with Gasteiger partial charge in [-0.3, -0.25) is 4.79 Å². The summed E-state index contributed by atoms with van der Waals surface area (Å²) in [5.74, 6) is 0.494. The Balaban J connectivity index is 2.33. The number of benzene rings is 1. The molecule has 0 spiro atoms. The molecule has 4 heteroatoms. The highest BCUT2D eigenvalue weighted by Crippen LogP contribution is 2.21. The number of rotatable bonds is 7. The highest BCUT2D eigenvalue weighted by atomic mass is 16.6. The van der Waals surface area contributed by atoms with Crippen molar-refractivity contribution >= 4 is 5.97 Å². The summed E-state index contributed by atoms with van der Waals surface area (Å²) in [5.41, 5.74) is 0.396. The van der Waals surface area contributed by atoms with Gasteiger partial charge < -0.3 is 14.6 Å². The van der Waals surface area contributed by atoms with Gasteiger partial charge in [0.25, 0.3) is 0 Å². The van der Waals surface area contributed by atoms with E-state index in [-0.39, 0.29) is 12.6 Å². The number of esters is 1. The number of aliphatic hydroxyl groups excluding tert-OH is 1. The van der Waals surface area contributed by atoms with Gasteiger partial charge in [-0.05, 0) is 44.9 Å². The maximum Gasteiger partial charge on any atom is 0.311 e. The predicted octanol–water partition coefficient (Wildman–Crippen LogP) is 3.10. The Labute approximate surface area is 120 Å². The SMILES string of the molecule is CCC(C)(C)C(=O)OCCOc1ccc(C(C)O)cc1. The van der Waals surface area contributed by atoms with Crippen LogP contribution in [0.4, 0.5) is 0 Å². The van der Waals surface area contributed by atoms with Gasteiger partial charge in [-0.2, -0.15) is 0 Å². The first kappa shape index (κ1) is 16.5. The summed E-state index contributed by atoms with van der Waals surface area (Å²) in [5, 5.41) is 9.39. The third-order valence-electron chi connectivity index (χ3n) is 3.38. The molecule has 1 aromatic carbocycles. The molecule has 0 aliphatic rings. The monoisotopic (exact) mass is 280 g/mol. The van der Waals surface area contributed by atoms with Gasteiger partial charge in [0.1, 0.15) is 19.0 Å². The summed E-state index contributed by atoms with van der Waals surface area (Å²) in [4.78, 5) is 11.7. The molecule has 0 bridgehead atoms. The van der Waals surface area contributed by atoms with E-state index in [0.29, 0.717) is 12.4 Å². The topological polar surface area (TPSA) is 55.8 Å². The second kappa shape index (κ2) is 7.29. The lowest BCUT2D eigenvalue weighted by Crippen LogP contribution is -2.27. The number of hydrogen-bond donors (Lipinski definition) is 1. The van der Waals surface area contributed by atoms with Gasteiger partial charge in [-0.1, -0.05) is 19.1 Å². The molecule has 20 heavy (non-hydrogen) atoms. The minimum Gasteiger partial charge on any atom is -0.490 e. The van der Waals surface area contributed by atoms with Crippen molar-refractivity contribution in [1.29, 1.82) is 0 Å². The van der Waals surface area contributed by atoms with Crippen LogP contribution >= 0.6 is 0 Å². The highest BCUT2D eigenvalue weighted by Gasteiger charge is 2.26. The van der Waals surface area contributed by atoms with Gasteiger partial charge in [0, 0.05) is 0 Å². The number of hydrogen-bond acceptors (Lipinski definition) is 4.